The van der Waals surface area contributed by atoms with Crippen molar-refractivity contribution >= 4 is 5.82 Å². The molecule has 0 amide bonds. The second-order valence-corrected chi connectivity index (χ2v) is 3.56. The Labute approximate surface area is 81.7 Å². The van der Waals surface area contributed by atoms with Crippen LogP contribution in [0.15, 0.2) is 10.9 Å². The normalized spacial score (nSPS) is 22.1. The van der Waals surface area contributed by atoms with Crippen LogP contribution in [0.2, 0.25) is 0 Å². The van der Waals surface area contributed by atoms with Crippen molar-refractivity contribution in [2.45, 2.75) is 25.3 Å². The van der Waals surface area contributed by atoms with E-state index < -0.39 is 0 Å². The molecular formula is C9H14N4O. The molecule has 1 fully saturated rings. The first kappa shape index (κ1) is 9.21. The Balaban J connectivity index is 2.26. The maximum absolute atomic E-state index is 11.2. The highest BCUT2D eigenvalue weighted by molar-refractivity contribution is 5.25. The zero-order valence-corrected chi connectivity index (χ0v) is 7.92. The molecule has 5 nitrogen and oxygen atoms in total. The van der Waals surface area contributed by atoms with Crippen molar-refractivity contribution < 1.29 is 0 Å². The van der Waals surface area contributed by atoms with Gasteiger partial charge < -0.3 is 16.0 Å². The molecule has 1 aromatic heterocycles. The van der Waals surface area contributed by atoms with Gasteiger partial charge in [0.1, 0.15) is 11.6 Å². The van der Waals surface area contributed by atoms with Crippen molar-refractivity contribution in [3.63, 3.8) is 0 Å². The van der Waals surface area contributed by atoms with Gasteiger partial charge in [-0.1, -0.05) is 6.42 Å². The molecule has 1 atom stereocenters. The largest absolute Gasteiger partial charge is 0.383 e. The Bertz CT molecular complexity index is 367. The van der Waals surface area contributed by atoms with Crippen LogP contribution in [0, 0.1) is 0 Å². The highest BCUT2D eigenvalue weighted by Gasteiger charge is 2.16. The van der Waals surface area contributed by atoms with Crippen molar-refractivity contribution in [3.05, 3.63) is 22.2 Å². The van der Waals surface area contributed by atoms with Crippen molar-refractivity contribution in [1.82, 2.24) is 15.3 Å². The van der Waals surface area contributed by atoms with Crippen LogP contribution in [-0.2, 0) is 0 Å². The Morgan fingerprint density at radius 2 is 2.36 bits per heavy atom. The molecule has 4 N–H and O–H groups in total. The van der Waals surface area contributed by atoms with Gasteiger partial charge in [-0.15, -0.1) is 0 Å². The second kappa shape index (κ2) is 3.79. The summed E-state index contributed by atoms with van der Waals surface area (Å²) in [5.41, 5.74) is 5.33. The molecule has 0 radical (unpaired) electrons. The first-order valence-electron chi connectivity index (χ1n) is 4.86. The lowest BCUT2D eigenvalue weighted by molar-refractivity contribution is 0.397. The summed E-state index contributed by atoms with van der Waals surface area (Å²) in [5.74, 6) is 0.950. The molecule has 1 aromatic rings. The number of aromatic nitrogens is 2. The number of hydrogen-bond acceptors (Lipinski definition) is 4. The van der Waals surface area contributed by atoms with E-state index in [0.29, 0.717) is 5.82 Å². The third kappa shape index (κ3) is 1.93. The maximum Gasteiger partial charge on any atom is 0.253 e. The Kier molecular flexibility index (Phi) is 2.49. The molecule has 0 saturated carbocycles. The molecule has 0 spiro atoms. The van der Waals surface area contributed by atoms with Crippen LogP contribution in [0.4, 0.5) is 5.82 Å². The van der Waals surface area contributed by atoms with E-state index in [-0.39, 0.29) is 17.4 Å². The predicted octanol–water partition coefficient (Wildman–Crippen LogP) is 0.167. The van der Waals surface area contributed by atoms with E-state index in [1.807, 2.05) is 0 Å². The molecule has 0 bridgehead atoms. The Hall–Kier alpha value is -1.36. The Morgan fingerprint density at radius 1 is 1.50 bits per heavy atom. The fourth-order valence-corrected chi connectivity index (χ4v) is 1.75. The summed E-state index contributed by atoms with van der Waals surface area (Å²) in [6, 6.07) is 1.45. The minimum absolute atomic E-state index is 0.153. The van der Waals surface area contributed by atoms with E-state index in [1.54, 1.807) is 0 Å². The summed E-state index contributed by atoms with van der Waals surface area (Å²) >= 11 is 0. The average molecular weight is 194 g/mol. The fourth-order valence-electron chi connectivity index (χ4n) is 1.75. The third-order valence-electron chi connectivity index (χ3n) is 2.42. The lowest BCUT2D eigenvalue weighted by Gasteiger charge is -2.22. The summed E-state index contributed by atoms with van der Waals surface area (Å²) < 4.78 is 0. The van der Waals surface area contributed by atoms with E-state index >= 15 is 0 Å². The highest BCUT2D eigenvalue weighted by Crippen LogP contribution is 2.19. The quantitative estimate of drug-likeness (QED) is 0.595. The second-order valence-electron chi connectivity index (χ2n) is 3.56. The molecule has 76 valence electrons. The number of nitrogens with one attached hydrogen (secondary N) is 2. The van der Waals surface area contributed by atoms with Crippen LogP contribution in [0.3, 0.4) is 0 Å². The van der Waals surface area contributed by atoms with Crippen LogP contribution in [0.25, 0.3) is 0 Å². The van der Waals surface area contributed by atoms with Gasteiger partial charge >= 0.3 is 0 Å². The highest BCUT2D eigenvalue weighted by atomic mass is 16.1. The summed E-state index contributed by atoms with van der Waals surface area (Å²) in [6.45, 7) is 0.975. The molecule has 1 aliphatic rings. The number of hydrogen-bond donors (Lipinski definition) is 3. The number of piperidine rings is 1. The molecule has 2 heterocycles. The van der Waals surface area contributed by atoms with Gasteiger partial charge in [0, 0.05) is 6.07 Å². The van der Waals surface area contributed by atoms with Gasteiger partial charge in [-0.3, -0.25) is 4.79 Å². The first-order valence-corrected chi connectivity index (χ1v) is 4.86. The minimum Gasteiger partial charge on any atom is -0.383 e. The van der Waals surface area contributed by atoms with E-state index in [9.17, 15) is 4.79 Å². The van der Waals surface area contributed by atoms with E-state index in [0.717, 1.165) is 19.4 Å². The van der Waals surface area contributed by atoms with Crippen molar-refractivity contribution in [1.29, 1.82) is 0 Å². The van der Waals surface area contributed by atoms with E-state index in [2.05, 4.69) is 15.3 Å². The van der Waals surface area contributed by atoms with E-state index in [4.69, 9.17) is 5.73 Å². The fraction of sp³-hybridized carbons (Fsp3) is 0.556. The molecular weight excluding hydrogens is 180 g/mol. The van der Waals surface area contributed by atoms with Gasteiger partial charge in [0.15, 0.2) is 0 Å². The van der Waals surface area contributed by atoms with Crippen LogP contribution in [-0.4, -0.2) is 16.5 Å². The summed E-state index contributed by atoms with van der Waals surface area (Å²) in [5, 5.41) is 3.30. The third-order valence-corrected chi connectivity index (χ3v) is 2.42. The number of aromatic amines is 1. The van der Waals surface area contributed by atoms with Crippen LogP contribution >= 0.6 is 0 Å². The van der Waals surface area contributed by atoms with Crippen LogP contribution < -0.4 is 16.6 Å². The molecule has 0 aromatic carbocycles. The number of anilines is 1. The first-order chi connectivity index (χ1) is 6.75. The van der Waals surface area contributed by atoms with Gasteiger partial charge in [-0.25, -0.2) is 4.98 Å². The summed E-state index contributed by atoms with van der Waals surface area (Å²) in [4.78, 5) is 18.0. The smallest absolute Gasteiger partial charge is 0.253 e. The van der Waals surface area contributed by atoms with Crippen molar-refractivity contribution in [2.75, 3.05) is 12.3 Å². The minimum atomic E-state index is -0.181. The van der Waals surface area contributed by atoms with Gasteiger partial charge in [0.05, 0.1) is 6.04 Å². The number of nitrogens with two attached hydrogens (primary N) is 1. The molecule has 1 aliphatic heterocycles. The van der Waals surface area contributed by atoms with Crippen LogP contribution in [0.5, 0.6) is 0 Å². The van der Waals surface area contributed by atoms with Gasteiger partial charge in [-0.2, -0.15) is 0 Å². The SMILES string of the molecule is Nc1cc(=O)[nH]c(C2CCCCN2)n1. The zero-order valence-electron chi connectivity index (χ0n) is 7.92. The monoisotopic (exact) mass is 194 g/mol. The summed E-state index contributed by atoms with van der Waals surface area (Å²) in [6.07, 6.45) is 3.35. The van der Waals surface area contributed by atoms with Gasteiger partial charge in [0.25, 0.3) is 5.56 Å². The molecule has 2 rings (SSSR count). The number of H-pyrrole nitrogens is 1. The van der Waals surface area contributed by atoms with Crippen molar-refractivity contribution in [3.8, 4) is 0 Å². The number of nitrogens with zero attached hydrogens (tertiary/aromatic N) is 1. The maximum atomic E-state index is 11.2. The van der Waals surface area contributed by atoms with E-state index in [1.165, 1.54) is 12.5 Å². The molecule has 0 aliphatic carbocycles. The van der Waals surface area contributed by atoms with Gasteiger partial charge in [-0.05, 0) is 19.4 Å². The van der Waals surface area contributed by atoms with Crippen LogP contribution in [0.1, 0.15) is 31.1 Å². The lowest BCUT2D eigenvalue weighted by Crippen LogP contribution is -2.30. The predicted molar refractivity (Wildman–Crippen MR) is 53.9 cm³/mol. The standard InChI is InChI=1S/C9H14N4O/c10-7-5-8(14)13-9(12-7)6-3-1-2-4-11-6/h5-6,11H,1-4H2,(H3,10,12,13,14). The number of rotatable bonds is 1. The molecule has 5 heteroatoms. The molecule has 1 unspecified atom stereocenters. The van der Waals surface area contributed by atoms with Crippen molar-refractivity contribution in [2.24, 2.45) is 0 Å². The topological polar surface area (TPSA) is 83.8 Å². The number of nitrogen functional groups attached to an aromatic ring is 1. The van der Waals surface area contributed by atoms with Gasteiger partial charge in [0.2, 0.25) is 0 Å². The molecule has 1 saturated heterocycles. The molecule has 14 heavy (non-hydrogen) atoms. The Morgan fingerprint density at radius 3 is 3.00 bits per heavy atom. The lowest BCUT2D eigenvalue weighted by atomic mass is 10.0. The summed E-state index contributed by atoms with van der Waals surface area (Å²) in [7, 11) is 0. The average Bonchev–Trinajstić information content (AvgIpc) is 2.18. The zero-order chi connectivity index (χ0) is 9.97.